The van der Waals surface area contributed by atoms with Gasteiger partial charge in [-0.25, -0.2) is 4.79 Å². The van der Waals surface area contributed by atoms with Crippen LogP contribution in [0.4, 0.5) is 0 Å². The Balaban J connectivity index is 4.81. The highest BCUT2D eigenvalue weighted by Crippen LogP contribution is 2.01. The standard InChI is InChI=1S/C16H27N5O9/c17-4-2-1-3-8(18)14(27)21-9(5-12(23)24)15(28)19-7-11(22)20-10(16(29)30)6-13(25)26/h8-10H,1-7,17-18H2,(H,19,28)(H,20,22)(H,21,27)(H,23,24)(H,25,26)(H,29,30). The molecule has 3 amide bonds. The smallest absolute Gasteiger partial charge is 0.326 e. The molecule has 14 heteroatoms. The number of carboxylic acid groups (broad SMARTS) is 3. The normalized spacial score (nSPS) is 13.4. The van der Waals surface area contributed by atoms with Gasteiger partial charge in [0.2, 0.25) is 17.7 Å². The van der Waals surface area contributed by atoms with Crippen molar-refractivity contribution in [2.24, 2.45) is 11.5 Å². The summed E-state index contributed by atoms with van der Waals surface area (Å²) in [7, 11) is 0. The minimum Gasteiger partial charge on any atom is -0.481 e. The minimum atomic E-state index is -1.71. The molecule has 3 unspecified atom stereocenters. The number of nitrogens with one attached hydrogen (secondary N) is 3. The maximum Gasteiger partial charge on any atom is 0.326 e. The third-order valence-electron chi connectivity index (χ3n) is 3.75. The summed E-state index contributed by atoms with van der Waals surface area (Å²) in [4.78, 5) is 68.4. The van der Waals surface area contributed by atoms with Crippen LogP contribution in [0.15, 0.2) is 0 Å². The Labute approximate surface area is 171 Å². The van der Waals surface area contributed by atoms with Gasteiger partial charge in [-0.15, -0.1) is 0 Å². The molecule has 0 heterocycles. The lowest BCUT2D eigenvalue weighted by atomic mass is 10.1. The highest BCUT2D eigenvalue weighted by Gasteiger charge is 2.27. The van der Waals surface area contributed by atoms with Gasteiger partial charge in [-0.05, 0) is 19.4 Å². The summed E-state index contributed by atoms with van der Waals surface area (Å²) in [6.07, 6.45) is -0.205. The number of unbranched alkanes of at least 4 members (excludes halogenated alkanes) is 1. The number of rotatable bonds is 15. The Kier molecular flexibility index (Phi) is 12.3. The van der Waals surface area contributed by atoms with Crippen molar-refractivity contribution in [3.05, 3.63) is 0 Å². The molecule has 0 spiro atoms. The molecule has 0 aliphatic carbocycles. The second-order valence-electron chi connectivity index (χ2n) is 6.32. The maximum absolute atomic E-state index is 12.2. The zero-order chi connectivity index (χ0) is 23.3. The quantitative estimate of drug-likeness (QED) is 0.118. The second-order valence-corrected chi connectivity index (χ2v) is 6.32. The number of carbonyl (C=O) groups excluding carboxylic acids is 3. The average molecular weight is 433 g/mol. The molecule has 0 fully saturated rings. The molecule has 3 atom stereocenters. The second kappa shape index (κ2) is 13.8. The highest BCUT2D eigenvalue weighted by atomic mass is 16.4. The molecule has 10 N–H and O–H groups in total. The van der Waals surface area contributed by atoms with Gasteiger partial charge in [0, 0.05) is 0 Å². The molecular weight excluding hydrogens is 406 g/mol. The van der Waals surface area contributed by atoms with E-state index in [9.17, 15) is 28.8 Å². The topological polar surface area (TPSA) is 251 Å². The zero-order valence-corrected chi connectivity index (χ0v) is 16.1. The summed E-state index contributed by atoms with van der Waals surface area (Å²) in [5, 5.41) is 32.6. The van der Waals surface area contributed by atoms with Crippen LogP contribution < -0.4 is 27.4 Å². The fourth-order valence-electron chi connectivity index (χ4n) is 2.21. The van der Waals surface area contributed by atoms with Crippen LogP contribution in [-0.2, 0) is 28.8 Å². The Morgan fingerprint density at radius 3 is 1.87 bits per heavy atom. The van der Waals surface area contributed by atoms with Crippen LogP contribution in [0, 0.1) is 0 Å². The molecule has 0 saturated heterocycles. The molecule has 14 nitrogen and oxygen atoms in total. The number of hydrogen-bond donors (Lipinski definition) is 8. The van der Waals surface area contributed by atoms with Crippen LogP contribution in [0.2, 0.25) is 0 Å². The predicted octanol–water partition coefficient (Wildman–Crippen LogP) is -3.44. The van der Waals surface area contributed by atoms with Crippen molar-refractivity contribution in [3.63, 3.8) is 0 Å². The fraction of sp³-hybridized carbons (Fsp3) is 0.625. The molecule has 0 aliphatic heterocycles. The van der Waals surface area contributed by atoms with E-state index >= 15 is 0 Å². The molecule has 0 saturated carbocycles. The fourth-order valence-corrected chi connectivity index (χ4v) is 2.21. The van der Waals surface area contributed by atoms with Crippen LogP contribution in [-0.4, -0.2) is 82.2 Å². The average Bonchev–Trinajstić information content (AvgIpc) is 2.64. The van der Waals surface area contributed by atoms with Gasteiger partial charge in [0.1, 0.15) is 12.1 Å². The first kappa shape index (κ1) is 26.7. The Morgan fingerprint density at radius 2 is 1.37 bits per heavy atom. The summed E-state index contributed by atoms with van der Waals surface area (Å²) in [6.45, 7) is -0.355. The molecule has 0 aromatic carbocycles. The van der Waals surface area contributed by atoms with Crippen molar-refractivity contribution in [1.82, 2.24) is 16.0 Å². The third kappa shape index (κ3) is 11.6. The maximum atomic E-state index is 12.2. The number of amides is 3. The molecule has 170 valence electrons. The van der Waals surface area contributed by atoms with E-state index < -0.39 is 73.1 Å². The molecule has 30 heavy (non-hydrogen) atoms. The molecule has 0 bridgehead atoms. The highest BCUT2D eigenvalue weighted by molar-refractivity contribution is 5.94. The Morgan fingerprint density at radius 1 is 0.800 bits per heavy atom. The number of hydrogen-bond acceptors (Lipinski definition) is 8. The zero-order valence-electron chi connectivity index (χ0n) is 16.1. The monoisotopic (exact) mass is 433 g/mol. The van der Waals surface area contributed by atoms with Crippen molar-refractivity contribution in [1.29, 1.82) is 0 Å². The van der Waals surface area contributed by atoms with E-state index in [0.29, 0.717) is 19.4 Å². The first-order chi connectivity index (χ1) is 14.0. The number of carbonyl (C=O) groups is 6. The van der Waals surface area contributed by atoms with E-state index in [4.69, 9.17) is 26.8 Å². The van der Waals surface area contributed by atoms with Crippen molar-refractivity contribution < 1.29 is 44.1 Å². The van der Waals surface area contributed by atoms with Crippen LogP contribution in [0.3, 0.4) is 0 Å². The number of nitrogens with two attached hydrogens (primary N) is 2. The lowest BCUT2D eigenvalue weighted by Gasteiger charge is -2.19. The van der Waals surface area contributed by atoms with E-state index in [0.717, 1.165) is 0 Å². The lowest BCUT2D eigenvalue weighted by molar-refractivity contribution is -0.147. The van der Waals surface area contributed by atoms with E-state index in [1.807, 2.05) is 5.32 Å². The van der Waals surface area contributed by atoms with E-state index in [1.54, 1.807) is 0 Å². The van der Waals surface area contributed by atoms with Gasteiger partial charge in [-0.3, -0.25) is 24.0 Å². The molecule has 0 aromatic heterocycles. The summed E-state index contributed by atoms with van der Waals surface area (Å²) in [5.41, 5.74) is 11.0. The summed E-state index contributed by atoms with van der Waals surface area (Å²) in [5.74, 6) is -7.24. The largest absolute Gasteiger partial charge is 0.481 e. The number of carboxylic acids is 3. The van der Waals surface area contributed by atoms with Crippen molar-refractivity contribution in [2.75, 3.05) is 13.1 Å². The SMILES string of the molecule is NCCCCC(N)C(=O)NC(CC(=O)O)C(=O)NCC(=O)NC(CC(=O)O)C(=O)O. The van der Waals surface area contributed by atoms with Gasteiger partial charge in [-0.1, -0.05) is 6.42 Å². The predicted molar refractivity (Wildman–Crippen MR) is 99.9 cm³/mol. The van der Waals surface area contributed by atoms with Gasteiger partial charge in [0.05, 0.1) is 25.4 Å². The van der Waals surface area contributed by atoms with E-state index in [-0.39, 0.29) is 6.42 Å². The van der Waals surface area contributed by atoms with Crippen LogP contribution >= 0.6 is 0 Å². The summed E-state index contributed by atoms with van der Waals surface area (Å²) >= 11 is 0. The number of aliphatic carboxylic acids is 3. The summed E-state index contributed by atoms with van der Waals surface area (Å²) in [6, 6.07) is -4.23. The molecule has 0 aliphatic rings. The van der Waals surface area contributed by atoms with Gasteiger partial charge < -0.3 is 42.7 Å². The third-order valence-corrected chi connectivity index (χ3v) is 3.75. The summed E-state index contributed by atoms with van der Waals surface area (Å²) < 4.78 is 0. The lowest BCUT2D eigenvalue weighted by Crippen LogP contribution is -2.54. The molecule has 0 radical (unpaired) electrons. The first-order valence-electron chi connectivity index (χ1n) is 8.97. The van der Waals surface area contributed by atoms with E-state index in [2.05, 4.69) is 10.6 Å². The van der Waals surface area contributed by atoms with Gasteiger partial charge in [0.25, 0.3) is 0 Å². The first-order valence-corrected chi connectivity index (χ1v) is 8.97. The van der Waals surface area contributed by atoms with Crippen molar-refractivity contribution in [3.8, 4) is 0 Å². The van der Waals surface area contributed by atoms with Crippen molar-refractivity contribution >= 4 is 35.6 Å². The van der Waals surface area contributed by atoms with Crippen LogP contribution in [0.1, 0.15) is 32.1 Å². The Hall–Kier alpha value is -3.26. The van der Waals surface area contributed by atoms with Crippen molar-refractivity contribution in [2.45, 2.75) is 50.2 Å². The van der Waals surface area contributed by atoms with Gasteiger partial charge in [-0.2, -0.15) is 0 Å². The van der Waals surface area contributed by atoms with E-state index in [1.165, 1.54) is 0 Å². The minimum absolute atomic E-state index is 0.271. The van der Waals surface area contributed by atoms with Gasteiger partial charge in [0.15, 0.2) is 0 Å². The Bertz CT molecular complexity index is 655. The van der Waals surface area contributed by atoms with Crippen LogP contribution in [0.5, 0.6) is 0 Å². The van der Waals surface area contributed by atoms with Gasteiger partial charge >= 0.3 is 17.9 Å². The molecule has 0 rings (SSSR count). The van der Waals surface area contributed by atoms with Crippen LogP contribution in [0.25, 0.3) is 0 Å². The molecule has 0 aromatic rings. The molecular formula is C16H27N5O9.